The molecule has 1 aliphatic heterocycles. The quantitative estimate of drug-likeness (QED) is 0.841. The van der Waals surface area contributed by atoms with E-state index in [2.05, 4.69) is 29.2 Å². The van der Waals surface area contributed by atoms with E-state index in [4.69, 9.17) is 4.74 Å². The zero-order valence-corrected chi connectivity index (χ0v) is 13.3. The molecule has 122 valence electrons. The van der Waals surface area contributed by atoms with Crippen LogP contribution in [-0.4, -0.2) is 60.9 Å². The first-order valence-electron chi connectivity index (χ1n) is 7.92. The van der Waals surface area contributed by atoms with Crippen molar-refractivity contribution >= 4 is 6.09 Å². The van der Waals surface area contributed by atoms with Gasteiger partial charge in [0, 0.05) is 26.7 Å². The lowest BCUT2D eigenvalue weighted by molar-refractivity contribution is 0.0954. The lowest BCUT2D eigenvalue weighted by atomic mass is 9.96. The van der Waals surface area contributed by atoms with E-state index in [1.54, 1.807) is 7.11 Å². The second kappa shape index (κ2) is 8.76. The molecule has 0 spiro atoms. The number of hydrogen-bond donors (Lipinski definition) is 1. The van der Waals surface area contributed by atoms with Gasteiger partial charge in [0.15, 0.2) is 0 Å². The molecule has 1 heterocycles. The van der Waals surface area contributed by atoms with Crippen LogP contribution < -0.4 is 0 Å². The Morgan fingerprint density at radius 2 is 2.00 bits per heavy atom. The molecule has 1 aromatic rings. The van der Waals surface area contributed by atoms with Crippen molar-refractivity contribution in [1.29, 1.82) is 0 Å². The molecule has 1 N–H and O–H groups in total. The molecule has 0 aliphatic carbocycles. The lowest BCUT2D eigenvalue weighted by Gasteiger charge is -2.34. The van der Waals surface area contributed by atoms with Crippen LogP contribution in [0.2, 0.25) is 0 Å². The summed E-state index contributed by atoms with van der Waals surface area (Å²) in [6, 6.07) is 10.5. The van der Waals surface area contributed by atoms with Gasteiger partial charge in [-0.1, -0.05) is 30.3 Å². The van der Waals surface area contributed by atoms with Gasteiger partial charge in [0.05, 0.1) is 6.61 Å². The Bertz CT molecular complexity index is 444. The molecule has 1 aliphatic rings. The first kappa shape index (κ1) is 16.8. The number of piperidine rings is 1. The van der Waals surface area contributed by atoms with E-state index in [-0.39, 0.29) is 0 Å². The summed E-state index contributed by atoms with van der Waals surface area (Å²) in [5.41, 5.74) is 1.34. The minimum atomic E-state index is -0.844. The molecule has 22 heavy (non-hydrogen) atoms. The van der Waals surface area contributed by atoms with Crippen LogP contribution in [0.3, 0.4) is 0 Å². The van der Waals surface area contributed by atoms with Crippen LogP contribution in [0, 0.1) is 5.92 Å². The Hall–Kier alpha value is -1.59. The van der Waals surface area contributed by atoms with Crippen molar-refractivity contribution in [3.8, 4) is 0 Å². The number of amides is 1. The van der Waals surface area contributed by atoms with Gasteiger partial charge in [-0.15, -0.1) is 0 Å². The molecule has 5 nitrogen and oxygen atoms in total. The van der Waals surface area contributed by atoms with Gasteiger partial charge in [-0.2, -0.15) is 0 Å². The van der Waals surface area contributed by atoms with Crippen LogP contribution in [0.25, 0.3) is 0 Å². The normalized spacial score (nSPS) is 16.6. The fourth-order valence-electron chi connectivity index (χ4n) is 2.95. The molecule has 0 atom stereocenters. The minimum absolute atomic E-state index is 0.454. The van der Waals surface area contributed by atoms with Crippen LogP contribution >= 0.6 is 0 Å². The maximum Gasteiger partial charge on any atom is 0.407 e. The van der Waals surface area contributed by atoms with Crippen LogP contribution in [0.1, 0.15) is 18.4 Å². The van der Waals surface area contributed by atoms with E-state index in [9.17, 15) is 9.90 Å². The SMILES string of the molecule is COCCN(CC1CCN(Cc2ccccc2)CC1)C(=O)O. The molecule has 5 heteroatoms. The molecule has 1 saturated heterocycles. The smallest absolute Gasteiger partial charge is 0.407 e. The van der Waals surface area contributed by atoms with Crippen molar-refractivity contribution in [3.05, 3.63) is 35.9 Å². The van der Waals surface area contributed by atoms with Gasteiger partial charge in [0.25, 0.3) is 0 Å². The third-order valence-electron chi connectivity index (χ3n) is 4.27. The standard InChI is InChI=1S/C17H26N2O3/c1-22-12-11-19(17(20)21)14-16-7-9-18(10-8-16)13-15-5-3-2-4-6-15/h2-6,16H,7-14H2,1H3,(H,20,21). The van der Waals surface area contributed by atoms with Gasteiger partial charge in [-0.25, -0.2) is 4.79 Å². The molecule has 1 amide bonds. The Kier molecular flexibility index (Phi) is 6.68. The molecule has 1 aromatic carbocycles. The van der Waals surface area contributed by atoms with Crippen LogP contribution in [0.5, 0.6) is 0 Å². The molecule has 0 bridgehead atoms. The van der Waals surface area contributed by atoms with Gasteiger partial charge >= 0.3 is 6.09 Å². The summed E-state index contributed by atoms with van der Waals surface area (Å²) in [6.07, 6.45) is 1.27. The van der Waals surface area contributed by atoms with Crippen molar-refractivity contribution in [2.24, 2.45) is 5.92 Å². The molecular formula is C17H26N2O3. The second-order valence-electron chi connectivity index (χ2n) is 5.93. The molecule has 1 fully saturated rings. The fraction of sp³-hybridized carbons (Fsp3) is 0.588. The number of hydrogen-bond acceptors (Lipinski definition) is 3. The summed E-state index contributed by atoms with van der Waals surface area (Å²) in [7, 11) is 1.60. The Morgan fingerprint density at radius 3 is 2.59 bits per heavy atom. The molecule has 2 rings (SSSR count). The highest BCUT2D eigenvalue weighted by Crippen LogP contribution is 2.20. The first-order chi connectivity index (χ1) is 10.7. The van der Waals surface area contributed by atoms with Crippen LogP contribution in [-0.2, 0) is 11.3 Å². The summed E-state index contributed by atoms with van der Waals surface area (Å²) < 4.78 is 4.98. The van der Waals surface area contributed by atoms with Gasteiger partial charge in [-0.3, -0.25) is 4.90 Å². The number of benzene rings is 1. The number of carbonyl (C=O) groups is 1. The highest BCUT2D eigenvalue weighted by molar-refractivity contribution is 5.64. The topological polar surface area (TPSA) is 53.0 Å². The largest absolute Gasteiger partial charge is 0.465 e. The average Bonchev–Trinajstić information content (AvgIpc) is 2.54. The number of methoxy groups -OCH3 is 1. The molecule has 0 aromatic heterocycles. The predicted molar refractivity (Wildman–Crippen MR) is 85.9 cm³/mol. The van der Waals surface area contributed by atoms with Crippen molar-refractivity contribution < 1.29 is 14.6 Å². The number of ether oxygens (including phenoxy) is 1. The predicted octanol–water partition coefficient (Wildman–Crippen LogP) is 2.52. The zero-order chi connectivity index (χ0) is 15.8. The van der Waals surface area contributed by atoms with Crippen molar-refractivity contribution in [2.75, 3.05) is 39.9 Å². The number of rotatable bonds is 7. The van der Waals surface area contributed by atoms with Crippen LogP contribution in [0.4, 0.5) is 4.79 Å². The zero-order valence-electron chi connectivity index (χ0n) is 13.3. The van der Waals surface area contributed by atoms with Crippen molar-refractivity contribution in [1.82, 2.24) is 9.80 Å². The van der Waals surface area contributed by atoms with Gasteiger partial charge in [-0.05, 0) is 37.4 Å². The lowest BCUT2D eigenvalue weighted by Crippen LogP contribution is -2.41. The number of nitrogens with zero attached hydrogens (tertiary/aromatic N) is 2. The number of carboxylic acid groups (broad SMARTS) is 1. The van der Waals surface area contributed by atoms with E-state index >= 15 is 0 Å². The van der Waals surface area contributed by atoms with Gasteiger partial charge in [0.1, 0.15) is 0 Å². The summed E-state index contributed by atoms with van der Waals surface area (Å²) in [5.74, 6) is 0.458. The van der Waals surface area contributed by atoms with Crippen molar-refractivity contribution in [3.63, 3.8) is 0 Å². The van der Waals surface area contributed by atoms with Gasteiger partial charge in [0.2, 0.25) is 0 Å². The van der Waals surface area contributed by atoms with E-state index < -0.39 is 6.09 Å². The molecule has 0 unspecified atom stereocenters. The third-order valence-corrected chi connectivity index (χ3v) is 4.27. The van der Waals surface area contributed by atoms with Crippen LogP contribution in [0.15, 0.2) is 30.3 Å². The number of likely N-dealkylation sites (tertiary alicyclic amines) is 1. The maximum absolute atomic E-state index is 11.2. The monoisotopic (exact) mass is 306 g/mol. The molecule has 0 saturated carbocycles. The Morgan fingerprint density at radius 1 is 1.32 bits per heavy atom. The molecular weight excluding hydrogens is 280 g/mol. The summed E-state index contributed by atoms with van der Waals surface area (Å²) in [6.45, 7) is 4.60. The second-order valence-corrected chi connectivity index (χ2v) is 5.93. The summed E-state index contributed by atoms with van der Waals surface area (Å²) >= 11 is 0. The maximum atomic E-state index is 11.2. The fourth-order valence-corrected chi connectivity index (χ4v) is 2.95. The molecule has 0 radical (unpaired) electrons. The van der Waals surface area contributed by atoms with E-state index in [0.29, 0.717) is 25.6 Å². The first-order valence-corrected chi connectivity index (χ1v) is 7.92. The van der Waals surface area contributed by atoms with Crippen molar-refractivity contribution in [2.45, 2.75) is 19.4 Å². The Balaban J connectivity index is 1.75. The van der Waals surface area contributed by atoms with Gasteiger partial charge < -0.3 is 14.7 Å². The van der Waals surface area contributed by atoms with E-state index in [1.165, 1.54) is 10.5 Å². The van der Waals surface area contributed by atoms with E-state index in [0.717, 1.165) is 32.5 Å². The summed E-state index contributed by atoms with van der Waals surface area (Å²) in [4.78, 5) is 15.2. The van der Waals surface area contributed by atoms with E-state index in [1.807, 2.05) is 6.07 Å². The highest BCUT2D eigenvalue weighted by Gasteiger charge is 2.23. The third kappa shape index (κ3) is 5.31. The minimum Gasteiger partial charge on any atom is -0.465 e. The Labute approximate surface area is 132 Å². The summed E-state index contributed by atoms with van der Waals surface area (Å²) in [5, 5.41) is 9.24. The highest BCUT2D eigenvalue weighted by atomic mass is 16.5. The average molecular weight is 306 g/mol.